The molecule has 0 spiro atoms. The van der Waals surface area contributed by atoms with Crippen molar-refractivity contribution < 1.29 is 33.0 Å². The second-order valence-electron chi connectivity index (χ2n) is 4.64. The quantitative estimate of drug-likeness (QED) is 0.819. The second kappa shape index (κ2) is 7.40. The fraction of sp³-hybridized carbons (Fsp3) is 0.125. The Morgan fingerprint density at radius 1 is 1.12 bits per heavy atom. The molecule has 2 aromatic rings. The van der Waals surface area contributed by atoms with Crippen molar-refractivity contribution in [2.24, 2.45) is 0 Å². The maximum Gasteiger partial charge on any atom is 0.342 e. The van der Waals surface area contributed by atoms with Crippen LogP contribution < -0.4 is 10.1 Å². The third kappa shape index (κ3) is 4.19. The van der Waals surface area contributed by atoms with Crippen LogP contribution >= 0.6 is 0 Å². The third-order valence-corrected chi connectivity index (χ3v) is 2.96. The minimum absolute atomic E-state index is 0.0131. The summed E-state index contributed by atoms with van der Waals surface area (Å²) in [6, 6.07) is 6.75. The normalized spacial score (nSPS) is 10.1. The molecule has 2 aromatic carbocycles. The van der Waals surface area contributed by atoms with Crippen LogP contribution in [-0.4, -0.2) is 30.7 Å². The first-order valence-corrected chi connectivity index (χ1v) is 6.69. The van der Waals surface area contributed by atoms with Gasteiger partial charge in [0, 0.05) is 11.8 Å². The zero-order valence-electron chi connectivity index (χ0n) is 12.5. The highest BCUT2D eigenvalue weighted by Crippen LogP contribution is 2.23. The highest BCUT2D eigenvalue weighted by molar-refractivity contribution is 5.96. The molecule has 0 aliphatic rings. The van der Waals surface area contributed by atoms with Crippen molar-refractivity contribution in [2.75, 3.05) is 19.0 Å². The number of nitrogens with one attached hydrogen (secondary N) is 1. The zero-order valence-corrected chi connectivity index (χ0v) is 12.5. The Balaban J connectivity index is 1.96. The van der Waals surface area contributed by atoms with Crippen molar-refractivity contribution in [1.29, 1.82) is 0 Å². The molecule has 126 valence electrons. The molecule has 0 radical (unpaired) electrons. The number of halogens is 2. The van der Waals surface area contributed by atoms with Gasteiger partial charge in [0.1, 0.15) is 17.1 Å². The van der Waals surface area contributed by atoms with E-state index in [4.69, 9.17) is 9.47 Å². The van der Waals surface area contributed by atoms with Gasteiger partial charge in [-0.3, -0.25) is 4.79 Å². The molecule has 0 unspecified atom stereocenters. The Morgan fingerprint density at radius 2 is 1.88 bits per heavy atom. The van der Waals surface area contributed by atoms with Crippen molar-refractivity contribution in [2.45, 2.75) is 0 Å². The molecule has 0 aliphatic heterocycles. The van der Waals surface area contributed by atoms with Crippen LogP contribution in [0.3, 0.4) is 0 Å². The van der Waals surface area contributed by atoms with Gasteiger partial charge in [0.05, 0.1) is 7.11 Å². The lowest BCUT2D eigenvalue weighted by Crippen LogP contribution is -2.21. The summed E-state index contributed by atoms with van der Waals surface area (Å²) in [7, 11) is 1.39. The zero-order chi connectivity index (χ0) is 17.7. The lowest BCUT2D eigenvalue weighted by molar-refractivity contribution is -0.119. The first-order chi connectivity index (χ1) is 11.4. The summed E-state index contributed by atoms with van der Waals surface area (Å²) >= 11 is 0. The molecule has 2 N–H and O–H groups in total. The molecule has 1 amide bonds. The van der Waals surface area contributed by atoms with Crippen LogP contribution in [0.15, 0.2) is 36.4 Å². The number of hydrogen-bond donors (Lipinski definition) is 2. The molecule has 0 saturated carbocycles. The van der Waals surface area contributed by atoms with Gasteiger partial charge in [0.2, 0.25) is 0 Å². The molecular weight excluding hydrogens is 324 g/mol. The number of benzene rings is 2. The van der Waals surface area contributed by atoms with Crippen LogP contribution in [0.4, 0.5) is 14.5 Å². The number of hydrogen-bond acceptors (Lipinski definition) is 5. The number of esters is 1. The van der Waals surface area contributed by atoms with Crippen molar-refractivity contribution in [3.63, 3.8) is 0 Å². The van der Waals surface area contributed by atoms with Crippen LogP contribution in [-0.2, 0) is 9.53 Å². The van der Waals surface area contributed by atoms with Crippen LogP contribution in [0.5, 0.6) is 11.5 Å². The minimum atomic E-state index is -1.12. The van der Waals surface area contributed by atoms with Crippen LogP contribution in [0.2, 0.25) is 0 Å². The number of amides is 1. The number of carbonyl (C=O) groups excluding carboxylic acids is 2. The van der Waals surface area contributed by atoms with E-state index in [1.807, 2.05) is 0 Å². The molecule has 0 aromatic heterocycles. The molecule has 0 saturated heterocycles. The summed E-state index contributed by atoms with van der Waals surface area (Å²) in [5.41, 5.74) is -0.158. The van der Waals surface area contributed by atoms with E-state index in [2.05, 4.69) is 5.32 Å². The molecular formula is C16H13F2NO5. The van der Waals surface area contributed by atoms with Gasteiger partial charge in [0.15, 0.2) is 18.2 Å². The van der Waals surface area contributed by atoms with Gasteiger partial charge < -0.3 is 19.9 Å². The summed E-state index contributed by atoms with van der Waals surface area (Å²) in [5.74, 6) is -3.87. The third-order valence-electron chi connectivity index (χ3n) is 2.96. The van der Waals surface area contributed by atoms with Crippen molar-refractivity contribution in [3.8, 4) is 11.5 Å². The smallest absolute Gasteiger partial charge is 0.342 e. The highest BCUT2D eigenvalue weighted by Gasteiger charge is 2.16. The monoisotopic (exact) mass is 337 g/mol. The first-order valence-electron chi connectivity index (χ1n) is 6.69. The van der Waals surface area contributed by atoms with Crippen LogP contribution in [0.1, 0.15) is 10.4 Å². The summed E-state index contributed by atoms with van der Waals surface area (Å²) in [6.07, 6.45) is 0. The Bertz CT molecular complexity index is 779. The lowest BCUT2D eigenvalue weighted by Gasteiger charge is -2.09. The van der Waals surface area contributed by atoms with E-state index in [-0.39, 0.29) is 17.0 Å². The van der Waals surface area contributed by atoms with Gasteiger partial charge in [-0.05, 0) is 30.3 Å². The summed E-state index contributed by atoms with van der Waals surface area (Å²) < 4.78 is 35.5. The molecule has 8 heteroatoms. The van der Waals surface area contributed by atoms with Gasteiger partial charge in [-0.2, -0.15) is 0 Å². The molecule has 0 fully saturated rings. The number of ether oxygens (including phenoxy) is 2. The maximum absolute atomic E-state index is 13.0. The number of rotatable bonds is 5. The highest BCUT2D eigenvalue weighted by atomic mass is 19.2. The van der Waals surface area contributed by atoms with Gasteiger partial charge in [-0.25, -0.2) is 13.6 Å². The standard InChI is InChI=1S/C16H13F2NO5/c1-23-10-3-5-14(20)11(7-10)16(22)24-8-15(21)19-9-2-4-12(17)13(18)6-9/h2-7,20H,8H2,1H3,(H,19,21). The van der Waals surface area contributed by atoms with Crippen LogP contribution in [0, 0.1) is 11.6 Å². The number of phenols is 1. The molecule has 0 bridgehead atoms. The number of anilines is 1. The van der Waals surface area contributed by atoms with Gasteiger partial charge in [-0.15, -0.1) is 0 Å². The molecule has 2 rings (SSSR count). The fourth-order valence-corrected chi connectivity index (χ4v) is 1.79. The molecule has 0 atom stereocenters. The Kier molecular flexibility index (Phi) is 5.31. The van der Waals surface area contributed by atoms with Gasteiger partial charge in [-0.1, -0.05) is 0 Å². The topological polar surface area (TPSA) is 84.9 Å². The maximum atomic E-state index is 13.0. The van der Waals surface area contributed by atoms with Gasteiger partial charge >= 0.3 is 5.97 Å². The Morgan fingerprint density at radius 3 is 2.54 bits per heavy atom. The predicted molar refractivity (Wildman–Crippen MR) is 79.9 cm³/mol. The van der Waals surface area contributed by atoms with Crippen molar-refractivity contribution in [3.05, 3.63) is 53.6 Å². The summed E-state index contributed by atoms with van der Waals surface area (Å²) in [4.78, 5) is 23.5. The van der Waals surface area contributed by atoms with Gasteiger partial charge in [0.25, 0.3) is 5.91 Å². The Labute approximate surface area is 135 Å². The van der Waals surface area contributed by atoms with Crippen molar-refractivity contribution in [1.82, 2.24) is 0 Å². The number of carbonyl (C=O) groups is 2. The van der Waals surface area contributed by atoms with E-state index in [0.717, 1.165) is 18.2 Å². The minimum Gasteiger partial charge on any atom is -0.507 e. The average Bonchev–Trinajstić information content (AvgIpc) is 2.56. The van der Waals surface area contributed by atoms with E-state index in [1.165, 1.54) is 25.3 Å². The summed E-state index contributed by atoms with van der Waals surface area (Å²) in [5, 5.41) is 11.9. The fourth-order valence-electron chi connectivity index (χ4n) is 1.79. The van der Waals surface area contributed by atoms with E-state index < -0.39 is 30.1 Å². The largest absolute Gasteiger partial charge is 0.507 e. The van der Waals surface area contributed by atoms with Crippen molar-refractivity contribution >= 4 is 17.6 Å². The molecule has 0 heterocycles. The number of phenolic OH excluding ortho intramolecular Hbond substituents is 1. The van der Waals surface area contributed by atoms with E-state index >= 15 is 0 Å². The molecule has 24 heavy (non-hydrogen) atoms. The average molecular weight is 337 g/mol. The van der Waals surface area contributed by atoms with Crippen LogP contribution in [0.25, 0.3) is 0 Å². The van der Waals surface area contributed by atoms with E-state index in [9.17, 15) is 23.5 Å². The van der Waals surface area contributed by atoms with E-state index in [0.29, 0.717) is 5.75 Å². The SMILES string of the molecule is COc1ccc(O)c(C(=O)OCC(=O)Nc2ccc(F)c(F)c2)c1. The predicted octanol–water partition coefficient (Wildman–Crippen LogP) is 2.47. The molecule has 6 nitrogen and oxygen atoms in total. The second-order valence-corrected chi connectivity index (χ2v) is 4.64. The number of aromatic hydroxyl groups is 1. The van der Waals surface area contributed by atoms with E-state index in [1.54, 1.807) is 0 Å². The molecule has 0 aliphatic carbocycles. The summed E-state index contributed by atoms with van der Waals surface area (Å²) in [6.45, 7) is -0.672. The number of methoxy groups -OCH3 is 1. The lowest BCUT2D eigenvalue weighted by atomic mass is 10.2. The first kappa shape index (κ1) is 17.2. The Hall–Kier alpha value is -3.16.